The number of rotatable bonds is 6. The number of hydrogen-bond donors (Lipinski definition) is 3. The van der Waals surface area contributed by atoms with Gasteiger partial charge in [0.1, 0.15) is 11.6 Å². The zero-order valence-corrected chi connectivity index (χ0v) is 21.2. The fraction of sp³-hybridized carbons (Fsp3) is 0.385. The zero-order chi connectivity index (χ0) is 25.9. The van der Waals surface area contributed by atoms with Crippen LogP contribution in [0, 0.1) is 12.2 Å². The van der Waals surface area contributed by atoms with E-state index in [1.54, 1.807) is 36.4 Å². The first kappa shape index (κ1) is 30.2. The molecule has 2 aromatic rings. The van der Waals surface area contributed by atoms with Crippen LogP contribution in [-0.4, -0.2) is 59.1 Å². The average molecular weight is 501 g/mol. The summed E-state index contributed by atoms with van der Waals surface area (Å²) in [5, 5.41) is 20.0. The van der Waals surface area contributed by atoms with Crippen LogP contribution in [0.1, 0.15) is 59.8 Å². The maximum Gasteiger partial charge on any atom is 1.00 e. The summed E-state index contributed by atoms with van der Waals surface area (Å²) in [6.07, 6.45) is 9.00. The van der Waals surface area contributed by atoms with Gasteiger partial charge in [0.05, 0.1) is 5.56 Å². The number of pyridine rings is 1. The number of hydrogen-bond acceptors (Lipinski definition) is 6. The molecule has 2 aliphatic rings. The third-order valence-corrected chi connectivity index (χ3v) is 5.91. The SMILES string of the molecule is C[CH-]CO.[CH-]=NN=[C-]c1cccc(NC(=O)c2cc3c(cc2F)CCN(C(=O)NC2CCCC2)C3)n1.[Li+]. The van der Waals surface area contributed by atoms with E-state index in [1.165, 1.54) is 12.1 Å². The van der Waals surface area contributed by atoms with Crippen LogP contribution < -0.4 is 29.5 Å². The van der Waals surface area contributed by atoms with Crippen LogP contribution in [0.5, 0.6) is 0 Å². The molecule has 1 aromatic heterocycles. The van der Waals surface area contributed by atoms with Gasteiger partial charge in [0.25, 0.3) is 5.91 Å². The van der Waals surface area contributed by atoms with E-state index in [1.807, 2.05) is 0 Å². The standard InChI is InChI=1S/C23H23FN6O2.C3H7O.Li/c1-25-26-13-18-7-4-8-21(27-18)29-22(31)19-11-16-14-30(10-9-15(16)12-20(19)24)23(32)28-17-5-2-3-6-17;1-2-3-4;/h1,4,7-8,11-12,17H,2-3,5-6,9-10,14H2,(H,28,32)(H,27,29,31);2,4H,3H2,1H3;/q-2;-1;+1. The van der Waals surface area contributed by atoms with E-state index in [4.69, 9.17) is 11.8 Å². The Kier molecular flexibility index (Phi) is 12.4. The van der Waals surface area contributed by atoms with Crippen molar-refractivity contribution in [3.05, 3.63) is 65.0 Å². The van der Waals surface area contributed by atoms with E-state index in [-0.39, 0.29) is 48.9 Å². The summed E-state index contributed by atoms with van der Waals surface area (Å²) in [6.45, 7) is 7.78. The second kappa shape index (κ2) is 15.2. The van der Waals surface area contributed by atoms with Crippen LogP contribution in [0.3, 0.4) is 0 Å². The van der Waals surface area contributed by atoms with Gasteiger partial charge in [-0.15, -0.1) is 6.07 Å². The molecule has 11 heteroatoms. The number of aliphatic hydroxyl groups is 1. The Labute approximate surface area is 228 Å². The molecule has 0 atom stereocenters. The van der Waals surface area contributed by atoms with Crippen LogP contribution in [0.2, 0.25) is 0 Å². The molecule has 3 amide bonds. The van der Waals surface area contributed by atoms with Crippen molar-refractivity contribution in [1.82, 2.24) is 15.2 Å². The number of aliphatic hydroxyl groups excluding tert-OH is 1. The number of aromatic nitrogens is 1. The molecule has 0 unspecified atom stereocenters. The van der Waals surface area contributed by atoms with Crippen LogP contribution in [-0.2, 0) is 13.0 Å². The molecule has 192 valence electrons. The molecule has 4 rings (SSSR count). The summed E-state index contributed by atoms with van der Waals surface area (Å²) < 4.78 is 14.7. The number of amides is 3. The normalized spacial score (nSPS) is 14.7. The zero-order valence-electron chi connectivity index (χ0n) is 21.2. The number of benzene rings is 1. The first-order valence-corrected chi connectivity index (χ1v) is 11.8. The molecule has 0 saturated heterocycles. The monoisotopic (exact) mass is 500 g/mol. The molecular weight excluding hydrogens is 470 g/mol. The van der Waals surface area contributed by atoms with Crippen molar-refractivity contribution in [2.75, 3.05) is 18.5 Å². The predicted octanol–water partition coefficient (Wildman–Crippen LogP) is 0.479. The Hall–Kier alpha value is -3.06. The maximum absolute atomic E-state index is 14.7. The molecule has 9 nitrogen and oxygen atoms in total. The van der Waals surface area contributed by atoms with Gasteiger partial charge >= 0.3 is 24.9 Å². The Morgan fingerprint density at radius 3 is 2.70 bits per heavy atom. The van der Waals surface area contributed by atoms with Gasteiger partial charge in [-0.25, -0.2) is 9.18 Å². The van der Waals surface area contributed by atoms with Crippen molar-refractivity contribution in [2.45, 2.75) is 51.6 Å². The first-order chi connectivity index (χ1) is 17.4. The molecular formula is C26H30FLiN6O3-2. The molecule has 0 radical (unpaired) electrons. The number of anilines is 1. The van der Waals surface area contributed by atoms with E-state index >= 15 is 0 Å². The van der Waals surface area contributed by atoms with Crippen LogP contribution in [0.15, 0.2) is 40.5 Å². The van der Waals surface area contributed by atoms with Gasteiger partial charge in [-0.05, 0) is 48.6 Å². The number of fused-ring (bicyclic) bond motifs is 1. The number of carbonyl (C=O) groups is 2. The second-order valence-corrected chi connectivity index (χ2v) is 8.48. The molecule has 0 bridgehead atoms. The van der Waals surface area contributed by atoms with E-state index in [2.05, 4.69) is 32.0 Å². The number of halogens is 1. The number of urea groups is 1. The molecule has 1 saturated carbocycles. The van der Waals surface area contributed by atoms with Gasteiger partial charge in [-0.2, -0.15) is 13.0 Å². The quantitative estimate of drug-likeness (QED) is 0.231. The number of carbonyl (C=O) groups excluding carboxylic acids is 2. The topological polar surface area (TPSA) is 119 Å². The smallest absolute Gasteiger partial charge is 0.428 e. The van der Waals surface area contributed by atoms with Crippen LogP contribution in [0.4, 0.5) is 15.0 Å². The van der Waals surface area contributed by atoms with Crippen molar-refractivity contribution >= 4 is 30.7 Å². The van der Waals surface area contributed by atoms with Gasteiger partial charge in [0.15, 0.2) is 0 Å². The van der Waals surface area contributed by atoms with Crippen molar-refractivity contribution in [2.24, 2.45) is 10.2 Å². The molecule has 37 heavy (non-hydrogen) atoms. The van der Waals surface area contributed by atoms with Gasteiger partial charge in [0.2, 0.25) is 0 Å². The summed E-state index contributed by atoms with van der Waals surface area (Å²) in [5.74, 6) is -1.04. The summed E-state index contributed by atoms with van der Waals surface area (Å²) in [4.78, 5) is 31.2. The number of nitrogens with zero attached hydrogens (tertiary/aromatic N) is 4. The Balaban J connectivity index is 0.000000898. The van der Waals surface area contributed by atoms with Gasteiger partial charge < -0.3 is 44.0 Å². The van der Waals surface area contributed by atoms with E-state index in [0.717, 1.165) is 36.8 Å². The molecule has 2 heterocycles. The molecule has 0 spiro atoms. The van der Waals surface area contributed by atoms with Crippen LogP contribution in [0.25, 0.3) is 0 Å². The summed E-state index contributed by atoms with van der Waals surface area (Å²) in [6, 6.07) is 7.82. The second-order valence-electron chi connectivity index (χ2n) is 8.48. The van der Waals surface area contributed by atoms with Gasteiger partial charge in [0, 0.05) is 19.1 Å². The third-order valence-electron chi connectivity index (χ3n) is 5.91. The molecule has 3 N–H and O–H groups in total. The van der Waals surface area contributed by atoms with E-state index in [9.17, 15) is 14.0 Å². The number of nitrogens with one attached hydrogen (secondary N) is 2. The van der Waals surface area contributed by atoms with Crippen molar-refractivity contribution < 1.29 is 37.9 Å². The fourth-order valence-corrected chi connectivity index (χ4v) is 4.09. The summed E-state index contributed by atoms with van der Waals surface area (Å²) in [7, 11) is 0. The molecule has 1 aromatic carbocycles. The molecule has 1 fully saturated rings. The molecule has 1 aliphatic carbocycles. The van der Waals surface area contributed by atoms with Gasteiger partial charge in [-0.1, -0.05) is 31.4 Å². The minimum absolute atomic E-state index is 0. The van der Waals surface area contributed by atoms with Gasteiger partial charge in [-0.3, -0.25) is 9.78 Å². The molecule has 1 aliphatic heterocycles. The minimum Gasteiger partial charge on any atom is -0.428 e. The first-order valence-electron chi connectivity index (χ1n) is 11.8. The van der Waals surface area contributed by atoms with Crippen LogP contribution >= 0.6 is 0 Å². The largest absolute Gasteiger partial charge is 1.00 e. The minimum atomic E-state index is -0.636. The predicted molar refractivity (Wildman–Crippen MR) is 136 cm³/mol. The Morgan fingerprint density at radius 1 is 1.30 bits per heavy atom. The summed E-state index contributed by atoms with van der Waals surface area (Å²) in [5.41, 5.74) is 1.77. The Morgan fingerprint density at radius 2 is 2.03 bits per heavy atom. The third kappa shape index (κ3) is 8.78. The van der Waals surface area contributed by atoms with E-state index < -0.39 is 11.7 Å². The maximum atomic E-state index is 14.7. The van der Waals surface area contributed by atoms with Crippen molar-refractivity contribution in [1.29, 1.82) is 0 Å². The van der Waals surface area contributed by atoms with E-state index in [0.29, 0.717) is 25.2 Å². The fourth-order valence-electron chi connectivity index (χ4n) is 4.09. The Bertz CT molecular complexity index is 1110. The van der Waals surface area contributed by atoms with Crippen molar-refractivity contribution in [3.8, 4) is 0 Å². The summed E-state index contributed by atoms with van der Waals surface area (Å²) >= 11 is 0. The van der Waals surface area contributed by atoms with Crippen molar-refractivity contribution in [3.63, 3.8) is 0 Å². The average Bonchev–Trinajstić information content (AvgIpc) is 3.40.